The minimum atomic E-state index is 0. The number of aliphatic imine (C=N–C) groups is 1. The quantitative estimate of drug-likeness (QED) is 0.332. The van der Waals surface area contributed by atoms with Gasteiger partial charge in [0.1, 0.15) is 0 Å². The van der Waals surface area contributed by atoms with Crippen LogP contribution in [0.3, 0.4) is 0 Å². The minimum Gasteiger partial charge on any atom is -0.490 e. The molecule has 31 heavy (non-hydrogen) atoms. The Bertz CT molecular complexity index is 890. The Hall–Kier alpha value is -2.00. The van der Waals surface area contributed by atoms with Crippen molar-refractivity contribution in [2.75, 3.05) is 31.6 Å². The van der Waals surface area contributed by atoms with Gasteiger partial charge in [0.25, 0.3) is 0 Å². The Kier molecular flexibility index (Phi) is 8.83. The lowest BCUT2D eigenvalue weighted by Gasteiger charge is -2.31. The van der Waals surface area contributed by atoms with E-state index in [-0.39, 0.29) is 24.0 Å². The molecule has 2 aromatic rings. The predicted octanol–water partition coefficient (Wildman–Crippen LogP) is 4.62. The standard InChI is InChI=1S/C24H32N4O2.HI/c1-18-6-4-11-28(16-18)17-20-8-3-2-7-19(20)15-26-24(25)27-21-9-10-22-23(14-21)30-13-5-12-29-22;/h2-3,7-10,14,18H,4-6,11-13,15-17H2,1H3,(H3,25,26,27);1H. The number of anilines is 1. The van der Waals surface area contributed by atoms with Gasteiger partial charge in [-0.25, -0.2) is 4.99 Å². The molecule has 0 saturated carbocycles. The van der Waals surface area contributed by atoms with E-state index in [4.69, 9.17) is 15.2 Å². The number of fused-ring (bicyclic) bond motifs is 1. The number of halogens is 1. The predicted molar refractivity (Wildman–Crippen MR) is 137 cm³/mol. The topological polar surface area (TPSA) is 72.1 Å². The second-order valence-electron chi connectivity index (χ2n) is 8.29. The van der Waals surface area contributed by atoms with E-state index in [0.29, 0.717) is 25.7 Å². The number of nitrogens with two attached hydrogens (primary N) is 1. The van der Waals surface area contributed by atoms with Crippen molar-refractivity contribution in [3.8, 4) is 11.5 Å². The molecule has 0 radical (unpaired) electrons. The molecule has 0 bridgehead atoms. The fourth-order valence-corrected chi connectivity index (χ4v) is 4.14. The van der Waals surface area contributed by atoms with Crippen molar-refractivity contribution < 1.29 is 9.47 Å². The molecule has 0 aromatic heterocycles. The summed E-state index contributed by atoms with van der Waals surface area (Å²) in [6.45, 7) is 7.57. The Balaban J connectivity index is 0.00000272. The van der Waals surface area contributed by atoms with Crippen LogP contribution in [0.2, 0.25) is 0 Å². The zero-order valence-corrected chi connectivity index (χ0v) is 20.5. The van der Waals surface area contributed by atoms with Crippen molar-refractivity contribution in [1.29, 1.82) is 0 Å². The van der Waals surface area contributed by atoms with Crippen molar-refractivity contribution >= 4 is 35.6 Å². The first kappa shape index (κ1) is 23.7. The number of hydrogen-bond acceptors (Lipinski definition) is 4. The van der Waals surface area contributed by atoms with Crippen LogP contribution in [-0.4, -0.2) is 37.2 Å². The van der Waals surface area contributed by atoms with E-state index in [1.165, 1.54) is 37.1 Å². The van der Waals surface area contributed by atoms with Gasteiger partial charge in [-0.2, -0.15) is 0 Å². The van der Waals surface area contributed by atoms with Gasteiger partial charge in [0.15, 0.2) is 17.5 Å². The van der Waals surface area contributed by atoms with Crippen LogP contribution >= 0.6 is 24.0 Å². The molecule has 0 spiro atoms. The van der Waals surface area contributed by atoms with Gasteiger partial charge < -0.3 is 20.5 Å². The van der Waals surface area contributed by atoms with Crippen LogP contribution in [0.25, 0.3) is 0 Å². The zero-order chi connectivity index (χ0) is 20.8. The number of piperidine rings is 1. The van der Waals surface area contributed by atoms with Gasteiger partial charge in [-0.3, -0.25) is 4.90 Å². The van der Waals surface area contributed by atoms with E-state index >= 15 is 0 Å². The average Bonchev–Trinajstić information content (AvgIpc) is 2.98. The van der Waals surface area contributed by atoms with Crippen LogP contribution < -0.4 is 20.5 Å². The van der Waals surface area contributed by atoms with Crippen LogP contribution in [0, 0.1) is 5.92 Å². The Morgan fingerprint density at radius 3 is 2.68 bits per heavy atom. The number of likely N-dealkylation sites (tertiary alicyclic amines) is 1. The number of rotatable bonds is 5. The van der Waals surface area contributed by atoms with Gasteiger partial charge in [-0.05, 0) is 48.6 Å². The van der Waals surface area contributed by atoms with E-state index < -0.39 is 0 Å². The number of hydrogen-bond donors (Lipinski definition) is 2. The van der Waals surface area contributed by atoms with Crippen molar-refractivity contribution in [2.45, 2.75) is 39.3 Å². The molecule has 1 fully saturated rings. The first-order valence-electron chi connectivity index (χ1n) is 10.9. The lowest BCUT2D eigenvalue weighted by molar-refractivity contribution is 0.176. The lowest BCUT2D eigenvalue weighted by atomic mass is 9.99. The number of ether oxygens (including phenoxy) is 2. The van der Waals surface area contributed by atoms with Crippen LogP contribution in [0.5, 0.6) is 11.5 Å². The number of nitrogens with one attached hydrogen (secondary N) is 1. The summed E-state index contributed by atoms with van der Waals surface area (Å²) in [5, 5.41) is 3.17. The fourth-order valence-electron chi connectivity index (χ4n) is 4.14. The number of guanidine groups is 1. The highest BCUT2D eigenvalue weighted by Gasteiger charge is 2.17. The number of nitrogens with zero attached hydrogens (tertiary/aromatic N) is 2. The Labute approximate surface area is 202 Å². The highest BCUT2D eigenvalue weighted by atomic mass is 127. The summed E-state index contributed by atoms with van der Waals surface area (Å²) < 4.78 is 11.4. The van der Waals surface area contributed by atoms with Crippen LogP contribution in [0.1, 0.15) is 37.3 Å². The highest BCUT2D eigenvalue weighted by Crippen LogP contribution is 2.32. The molecule has 2 aliphatic heterocycles. The van der Waals surface area contributed by atoms with Gasteiger partial charge >= 0.3 is 0 Å². The van der Waals surface area contributed by atoms with Gasteiger partial charge in [0.05, 0.1) is 19.8 Å². The largest absolute Gasteiger partial charge is 0.490 e. The molecule has 1 unspecified atom stereocenters. The van der Waals surface area contributed by atoms with Gasteiger partial charge in [-0.1, -0.05) is 31.2 Å². The molecule has 2 heterocycles. The third kappa shape index (κ3) is 6.74. The van der Waals surface area contributed by atoms with Crippen LogP contribution in [0.15, 0.2) is 47.5 Å². The van der Waals surface area contributed by atoms with E-state index in [2.05, 4.69) is 46.4 Å². The maximum Gasteiger partial charge on any atom is 0.193 e. The van der Waals surface area contributed by atoms with Gasteiger partial charge in [-0.15, -0.1) is 24.0 Å². The SMILES string of the molecule is CC1CCCN(Cc2ccccc2CN=C(N)Nc2ccc3c(c2)OCCCO3)C1.I. The smallest absolute Gasteiger partial charge is 0.193 e. The fraction of sp³-hybridized carbons (Fsp3) is 0.458. The van der Waals surface area contributed by atoms with Gasteiger partial charge in [0, 0.05) is 31.3 Å². The van der Waals surface area contributed by atoms with E-state index in [0.717, 1.165) is 36.1 Å². The maximum atomic E-state index is 6.17. The van der Waals surface area contributed by atoms with Crippen LogP contribution in [-0.2, 0) is 13.1 Å². The zero-order valence-electron chi connectivity index (χ0n) is 18.2. The number of benzene rings is 2. The first-order chi connectivity index (χ1) is 14.7. The average molecular weight is 536 g/mol. The summed E-state index contributed by atoms with van der Waals surface area (Å²) in [5.74, 6) is 2.69. The maximum absolute atomic E-state index is 6.17. The summed E-state index contributed by atoms with van der Waals surface area (Å²) in [5.41, 5.74) is 9.57. The normalized spacial score (nSPS) is 19.3. The highest BCUT2D eigenvalue weighted by molar-refractivity contribution is 14.0. The molecule has 1 saturated heterocycles. The van der Waals surface area contributed by atoms with E-state index in [1.807, 2.05) is 18.2 Å². The summed E-state index contributed by atoms with van der Waals surface area (Å²) in [6, 6.07) is 14.3. The van der Waals surface area contributed by atoms with Crippen molar-refractivity contribution in [1.82, 2.24) is 4.90 Å². The molecule has 2 aliphatic rings. The van der Waals surface area contributed by atoms with Gasteiger partial charge in [0.2, 0.25) is 0 Å². The van der Waals surface area contributed by atoms with Crippen molar-refractivity contribution in [2.24, 2.45) is 16.6 Å². The molecule has 1 atom stereocenters. The van der Waals surface area contributed by atoms with Crippen molar-refractivity contribution in [3.63, 3.8) is 0 Å². The summed E-state index contributed by atoms with van der Waals surface area (Å²) >= 11 is 0. The monoisotopic (exact) mass is 536 g/mol. The molecular weight excluding hydrogens is 503 g/mol. The molecule has 168 valence electrons. The molecular formula is C24H33IN4O2. The summed E-state index contributed by atoms with van der Waals surface area (Å²) in [7, 11) is 0. The third-order valence-corrected chi connectivity index (χ3v) is 5.69. The molecule has 3 N–H and O–H groups in total. The molecule has 0 amide bonds. The molecule has 7 heteroatoms. The Morgan fingerprint density at radius 2 is 1.87 bits per heavy atom. The molecule has 6 nitrogen and oxygen atoms in total. The first-order valence-corrected chi connectivity index (χ1v) is 10.9. The van der Waals surface area contributed by atoms with Crippen molar-refractivity contribution in [3.05, 3.63) is 53.6 Å². The van der Waals surface area contributed by atoms with E-state index in [1.54, 1.807) is 0 Å². The van der Waals surface area contributed by atoms with Crippen LogP contribution in [0.4, 0.5) is 5.69 Å². The molecule has 4 rings (SSSR count). The summed E-state index contributed by atoms with van der Waals surface area (Å²) in [4.78, 5) is 7.13. The third-order valence-electron chi connectivity index (χ3n) is 5.69. The van der Waals surface area contributed by atoms with E-state index in [9.17, 15) is 0 Å². The second-order valence-corrected chi connectivity index (χ2v) is 8.29. The molecule has 2 aromatic carbocycles. The minimum absolute atomic E-state index is 0. The lowest BCUT2D eigenvalue weighted by Crippen LogP contribution is -2.34. The Morgan fingerprint density at radius 1 is 1.10 bits per heavy atom. The summed E-state index contributed by atoms with van der Waals surface area (Å²) in [6.07, 6.45) is 3.51. The second kappa shape index (κ2) is 11.6. The molecule has 0 aliphatic carbocycles.